The molecule has 2 rings (SSSR count). The van der Waals surface area contributed by atoms with E-state index in [1.54, 1.807) is 18.2 Å². The molecule has 0 spiro atoms. The van der Waals surface area contributed by atoms with Crippen LogP contribution in [0, 0.1) is 17.1 Å². The lowest BCUT2D eigenvalue weighted by molar-refractivity contribution is 0.610. The molecule has 0 fully saturated rings. The SMILES string of the molecule is CSc1ncnc(NCCc2ccccc2F)c1C#N. The fourth-order valence-electron chi connectivity index (χ4n) is 1.78. The summed E-state index contributed by atoms with van der Waals surface area (Å²) in [5.74, 6) is 0.269. The molecule has 102 valence electrons. The molecule has 0 saturated heterocycles. The number of benzene rings is 1. The van der Waals surface area contributed by atoms with Gasteiger partial charge in [0.25, 0.3) is 0 Å². The van der Waals surface area contributed by atoms with Gasteiger partial charge >= 0.3 is 0 Å². The summed E-state index contributed by atoms with van der Waals surface area (Å²) in [6.07, 6.45) is 3.79. The fourth-order valence-corrected chi connectivity index (χ4v) is 2.27. The maximum Gasteiger partial charge on any atom is 0.148 e. The van der Waals surface area contributed by atoms with Gasteiger partial charge in [-0.15, -0.1) is 11.8 Å². The van der Waals surface area contributed by atoms with Crippen molar-refractivity contribution >= 4 is 17.6 Å². The monoisotopic (exact) mass is 288 g/mol. The number of rotatable bonds is 5. The lowest BCUT2D eigenvalue weighted by Crippen LogP contribution is -2.09. The van der Waals surface area contributed by atoms with Gasteiger partial charge in [-0.25, -0.2) is 14.4 Å². The highest BCUT2D eigenvalue weighted by molar-refractivity contribution is 7.98. The van der Waals surface area contributed by atoms with Gasteiger partial charge in [0.1, 0.15) is 34.6 Å². The molecule has 0 aliphatic rings. The number of halogens is 1. The van der Waals surface area contributed by atoms with Gasteiger partial charge in [-0.2, -0.15) is 5.26 Å². The zero-order valence-electron chi connectivity index (χ0n) is 10.9. The third kappa shape index (κ3) is 3.25. The molecule has 1 aromatic heterocycles. The molecule has 0 aliphatic carbocycles. The van der Waals surface area contributed by atoms with Crippen molar-refractivity contribution in [2.45, 2.75) is 11.4 Å². The Hall–Kier alpha value is -2.13. The Morgan fingerprint density at radius 1 is 1.35 bits per heavy atom. The first-order valence-electron chi connectivity index (χ1n) is 6.02. The molecular formula is C14H13FN4S. The Labute approximate surface area is 121 Å². The summed E-state index contributed by atoms with van der Waals surface area (Å²) in [6, 6.07) is 8.74. The summed E-state index contributed by atoms with van der Waals surface area (Å²) >= 11 is 1.39. The molecule has 0 amide bonds. The molecule has 0 unspecified atom stereocenters. The predicted octanol–water partition coefficient (Wildman–Crippen LogP) is 2.86. The fraction of sp³-hybridized carbons (Fsp3) is 0.214. The first kappa shape index (κ1) is 14.3. The molecule has 1 aromatic carbocycles. The van der Waals surface area contributed by atoms with E-state index in [0.29, 0.717) is 34.9 Å². The van der Waals surface area contributed by atoms with Crippen molar-refractivity contribution < 1.29 is 4.39 Å². The number of hydrogen-bond donors (Lipinski definition) is 1. The average Bonchev–Trinajstić information content (AvgIpc) is 2.48. The quantitative estimate of drug-likeness (QED) is 0.677. The van der Waals surface area contributed by atoms with Crippen molar-refractivity contribution in [3.05, 3.63) is 47.5 Å². The van der Waals surface area contributed by atoms with Crippen LogP contribution in [0.2, 0.25) is 0 Å². The van der Waals surface area contributed by atoms with Gasteiger partial charge in [0, 0.05) is 6.54 Å². The van der Waals surface area contributed by atoms with Gasteiger partial charge in [-0.3, -0.25) is 0 Å². The third-order valence-corrected chi connectivity index (χ3v) is 3.46. The van der Waals surface area contributed by atoms with Crippen molar-refractivity contribution in [3.8, 4) is 6.07 Å². The van der Waals surface area contributed by atoms with Crippen LogP contribution in [0.25, 0.3) is 0 Å². The maximum absolute atomic E-state index is 13.5. The van der Waals surface area contributed by atoms with Crippen molar-refractivity contribution in [3.63, 3.8) is 0 Å². The lowest BCUT2D eigenvalue weighted by atomic mass is 10.1. The smallest absolute Gasteiger partial charge is 0.148 e. The topological polar surface area (TPSA) is 61.6 Å². The van der Waals surface area contributed by atoms with Crippen LogP contribution in [0.15, 0.2) is 35.6 Å². The van der Waals surface area contributed by atoms with Crippen LogP contribution in [-0.2, 0) is 6.42 Å². The molecule has 20 heavy (non-hydrogen) atoms. The summed E-state index contributed by atoms with van der Waals surface area (Å²) in [5, 5.41) is 12.8. The number of nitrogens with zero attached hydrogens (tertiary/aromatic N) is 3. The minimum Gasteiger partial charge on any atom is -0.369 e. The molecule has 0 radical (unpaired) electrons. The summed E-state index contributed by atoms with van der Waals surface area (Å²) in [5.41, 5.74) is 1.06. The highest BCUT2D eigenvalue weighted by Crippen LogP contribution is 2.21. The van der Waals surface area contributed by atoms with Crippen LogP contribution in [0.5, 0.6) is 0 Å². The first-order valence-corrected chi connectivity index (χ1v) is 7.25. The van der Waals surface area contributed by atoms with E-state index in [-0.39, 0.29) is 5.82 Å². The zero-order chi connectivity index (χ0) is 14.4. The predicted molar refractivity (Wildman–Crippen MR) is 77.1 cm³/mol. The number of nitrogens with one attached hydrogen (secondary N) is 1. The number of thioether (sulfide) groups is 1. The molecule has 1 heterocycles. The van der Waals surface area contributed by atoms with Crippen molar-refractivity contribution in [1.29, 1.82) is 5.26 Å². The van der Waals surface area contributed by atoms with E-state index in [1.165, 1.54) is 24.2 Å². The van der Waals surface area contributed by atoms with Crippen LogP contribution < -0.4 is 5.32 Å². The second-order valence-corrected chi connectivity index (χ2v) is 4.78. The molecule has 0 aliphatic heterocycles. The summed E-state index contributed by atoms with van der Waals surface area (Å²) in [6.45, 7) is 0.500. The van der Waals surface area contributed by atoms with Gasteiger partial charge in [-0.1, -0.05) is 18.2 Å². The number of anilines is 1. The normalized spacial score (nSPS) is 10.1. The molecule has 4 nitrogen and oxygen atoms in total. The Morgan fingerprint density at radius 3 is 2.85 bits per heavy atom. The first-order chi connectivity index (χ1) is 9.76. The van der Waals surface area contributed by atoms with E-state index in [0.717, 1.165) is 0 Å². The van der Waals surface area contributed by atoms with Crippen LogP contribution in [-0.4, -0.2) is 22.8 Å². The molecule has 0 bridgehead atoms. The molecule has 0 saturated carbocycles. The van der Waals surface area contributed by atoms with Gasteiger partial charge < -0.3 is 5.32 Å². The van der Waals surface area contributed by atoms with Crippen molar-refractivity contribution in [1.82, 2.24) is 9.97 Å². The largest absolute Gasteiger partial charge is 0.369 e. The van der Waals surface area contributed by atoms with E-state index in [2.05, 4.69) is 21.4 Å². The van der Waals surface area contributed by atoms with Crippen LogP contribution in [0.3, 0.4) is 0 Å². The third-order valence-electron chi connectivity index (χ3n) is 2.76. The van der Waals surface area contributed by atoms with E-state index in [4.69, 9.17) is 5.26 Å². The Kier molecular flexibility index (Phi) is 4.91. The van der Waals surface area contributed by atoms with Crippen LogP contribution >= 0.6 is 11.8 Å². The maximum atomic E-state index is 13.5. The Bertz CT molecular complexity index is 639. The zero-order valence-corrected chi connectivity index (χ0v) is 11.7. The van der Waals surface area contributed by atoms with Gasteiger partial charge in [-0.05, 0) is 24.3 Å². The van der Waals surface area contributed by atoms with E-state index in [1.807, 2.05) is 6.26 Å². The van der Waals surface area contributed by atoms with Crippen molar-refractivity contribution in [2.75, 3.05) is 18.1 Å². The lowest BCUT2D eigenvalue weighted by Gasteiger charge is -2.09. The molecule has 6 heteroatoms. The Morgan fingerprint density at radius 2 is 2.15 bits per heavy atom. The second kappa shape index (κ2) is 6.87. The number of hydrogen-bond acceptors (Lipinski definition) is 5. The molecule has 0 atom stereocenters. The minimum atomic E-state index is -0.220. The van der Waals surface area contributed by atoms with Gasteiger partial charge in [0.15, 0.2) is 0 Å². The van der Waals surface area contributed by atoms with Gasteiger partial charge in [0.05, 0.1) is 0 Å². The highest BCUT2D eigenvalue weighted by Gasteiger charge is 2.10. The summed E-state index contributed by atoms with van der Waals surface area (Å²) in [4.78, 5) is 8.10. The van der Waals surface area contributed by atoms with Crippen LogP contribution in [0.1, 0.15) is 11.1 Å². The summed E-state index contributed by atoms with van der Waals surface area (Å²) in [7, 11) is 0. The molecular weight excluding hydrogens is 275 g/mol. The average molecular weight is 288 g/mol. The van der Waals surface area contributed by atoms with E-state index >= 15 is 0 Å². The van der Waals surface area contributed by atoms with E-state index < -0.39 is 0 Å². The molecule has 2 aromatic rings. The number of aromatic nitrogens is 2. The van der Waals surface area contributed by atoms with Crippen molar-refractivity contribution in [2.24, 2.45) is 0 Å². The second-order valence-electron chi connectivity index (χ2n) is 3.99. The summed E-state index contributed by atoms with van der Waals surface area (Å²) < 4.78 is 13.5. The van der Waals surface area contributed by atoms with E-state index in [9.17, 15) is 4.39 Å². The standard InChI is InChI=1S/C14H13FN4S/c1-20-14-11(8-16)13(18-9-19-14)17-7-6-10-4-2-3-5-12(10)15/h2-5,9H,6-7H2,1H3,(H,17,18,19). The minimum absolute atomic E-state index is 0.220. The van der Waals surface area contributed by atoms with Crippen LogP contribution in [0.4, 0.5) is 10.2 Å². The van der Waals surface area contributed by atoms with Gasteiger partial charge in [0.2, 0.25) is 0 Å². The highest BCUT2D eigenvalue weighted by atomic mass is 32.2. The molecule has 1 N–H and O–H groups in total. The Balaban J connectivity index is 2.05. The number of nitriles is 1.